The highest BCUT2D eigenvalue weighted by Gasteiger charge is 2.36. The smallest absolute Gasteiger partial charge is 0.264 e. The van der Waals surface area contributed by atoms with E-state index in [0.717, 1.165) is 22.3 Å². The number of nitrogens with zero attached hydrogens (tertiary/aromatic N) is 2. The molecule has 4 aromatic carbocycles. The zero-order chi connectivity index (χ0) is 32.6. The summed E-state index contributed by atoms with van der Waals surface area (Å²) < 4.78 is 29.6. The SMILES string of the molecule is CCc1ccccc1N(CC(=O)N(Cc1ccc(C)cc1)[C@H](Cc1ccccc1)C(=O)NC(C)(C)C)S(=O)(=O)c1ccccc1. The number of anilines is 1. The molecule has 1 N–H and O–H groups in total. The maximum Gasteiger partial charge on any atom is 0.264 e. The first kappa shape index (κ1) is 33.5. The summed E-state index contributed by atoms with van der Waals surface area (Å²) in [6.07, 6.45) is 0.834. The van der Waals surface area contributed by atoms with Crippen LogP contribution in [0.2, 0.25) is 0 Å². The molecule has 0 unspecified atom stereocenters. The van der Waals surface area contributed by atoms with E-state index in [4.69, 9.17) is 0 Å². The van der Waals surface area contributed by atoms with E-state index in [1.54, 1.807) is 30.3 Å². The lowest BCUT2D eigenvalue weighted by atomic mass is 10.0. The number of benzene rings is 4. The summed E-state index contributed by atoms with van der Waals surface area (Å²) in [7, 11) is -4.14. The quantitative estimate of drug-likeness (QED) is 0.200. The topological polar surface area (TPSA) is 86.8 Å². The molecule has 0 fully saturated rings. The predicted octanol–water partition coefficient (Wildman–Crippen LogP) is 6.31. The van der Waals surface area contributed by atoms with Crippen molar-refractivity contribution >= 4 is 27.5 Å². The van der Waals surface area contributed by atoms with Crippen molar-refractivity contribution in [1.29, 1.82) is 0 Å². The monoisotopic (exact) mass is 625 g/mol. The zero-order valence-electron chi connectivity index (χ0n) is 26.7. The second-order valence-corrected chi connectivity index (χ2v) is 14.1. The highest BCUT2D eigenvalue weighted by atomic mass is 32.2. The minimum absolute atomic E-state index is 0.0834. The molecule has 7 nitrogen and oxygen atoms in total. The number of sulfonamides is 1. The van der Waals surface area contributed by atoms with Gasteiger partial charge in [0.1, 0.15) is 12.6 Å². The molecular weight excluding hydrogens is 582 g/mol. The number of aryl methyl sites for hydroxylation is 2. The van der Waals surface area contributed by atoms with Gasteiger partial charge in [-0.2, -0.15) is 0 Å². The first-order chi connectivity index (χ1) is 21.4. The molecule has 0 bridgehead atoms. The van der Waals surface area contributed by atoms with Crippen LogP contribution in [0.1, 0.15) is 49.9 Å². The molecule has 0 aliphatic carbocycles. The van der Waals surface area contributed by atoms with Crippen LogP contribution in [0.3, 0.4) is 0 Å². The highest BCUT2D eigenvalue weighted by molar-refractivity contribution is 7.92. The fourth-order valence-corrected chi connectivity index (χ4v) is 6.66. The van der Waals surface area contributed by atoms with Crippen molar-refractivity contribution in [2.45, 2.75) is 70.5 Å². The molecular formula is C37H43N3O4S. The lowest BCUT2D eigenvalue weighted by Crippen LogP contribution is -2.56. The molecule has 45 heavy (non-hydrogen) atoms. The van der Waals surface area contributed by atoms with Crippen molar-refractivity contribution < 1.29 is 18.0 Å². The Kier molecular flexibility index (Phi) is 10.8. The predicted molar refractivity (Wildman–Crippen MR) is 180 cm³/mol. The largest absolute Gasteiger partial charge is 0.350 e. The van der Waals surface area contributed by atoms with Gasteiger partial charge in [0.25, 0.3) is 10.0 Å². The highest BCUT2D eigenvalue weighted by Crippen LogP contribution is 2.28. The van der Waals surface area contributed by atoms with E-state index in [0.29, 0.717) is 12.1 Å². The van der Waals surface area contributed by atoms with Gasteiger partial charge in [0.2, 0.25) is 11.8 Å². The summed E-state index contributed by atoms with van der Waals surface area (Å²) in [5.74, 6) is -0.788. The standard InChI is InChI=1S/C37H43N3O4S/c1-6-31-17-13-14-20-33(31)40(45(43,44)32-18-11-8-12-19-32)27-35(41)39(26-30-23-21-28(2)22-24-30)34(36(42)38-37(3,4)5)25-29-15-9-7-10-16-29/h7-24,34H,6,25-27H2,1-5H3,(H,38,42)/t34-/m1/s1. The van der Waals surface area contributed by atoms with Crippen molar-refractivity contribution in [2.75, 3.05) is 10.8 Å². The van der Waals surface area contributed by atoms with Crippen LogP contribution in [0.15, 0.2) is 114 Å². The number of carbonyl (C=O) groups is 2. The van der Waals surface area contributed by atoms with Crippen LogP contribution < -0.4 is 9.62 Å². The summed E-state index contributed by atoms with van der Waals surface area (Å²) in [4.78, 5) is 30.2. The van der Waals surface area contributed by atoms with Crippen molar-refractivity contribution in [3.63, 3.8) is 0 Å². The molecule has 8 heteroatoms. The van der Waals surface area contributed by atoms with Crippen LogP contribution in [0.25, 0.3) is 0 Å². The van der Waals surface area contributed by atoms with Gasteiger partial charge in [-0.1, -0.05) is 103 Å². The van der Waals surface area contributed by atoms with Gasteiger partial charge < -0.3 is 10.2 Å². The molecule has 0 spiro atoms. The molecule has 0 saturated heterocycles. The number of rotatable bonds is 12. The Hall–Kier alpha value is -4.43. The Labute approximate surface area is 268 Å². The third-order valence-corrected chi connectivity index (χ3v) is 9.27. The van der Waals surface area contributed by atoms with E-state index in [9.17, 15) is 18.0 Å². The lowest BCUT2D eigenvalue weighted by Gasteiger charge is -2.35. The average molecular weight is 626 g/mol. The van der Waals surface area contributed by atoms with Crippen LogP contribution >= 0.6 is 0 Å². The molecule has 2 amide bonds. The van der Waals surface area contributed by atoms with E-state index in [1.807, 2.05) is 101 Å². The van der Waals surface area contributed by atoms with Crippen LogP contribution in [0.4, 0.5) is 5.69 Å². The summed E-state index contributed by atoms with van der Waals surface area (Å²) in [5, 5.41) is 3.06. The molecule has 0 aliphatic heterocycles. The molecule has 236 valence electrons. The van der Waals surface area contributed by atoms with Gasteiger partial charge >= 0.3 is 0 Å². The number of hydrogen-bond donors (Lipinski definition) is 1. The third-order valence-electron chi connectivity index (χ3n) is 7.49. The maximum absolute atomic E-state index is 14.6. The number of nitrogens with one attached hydrogen (secondary N) is 1. The Bertz CT molecular complexity index is 1680. The van der Waals surface area contributed by atoms with Gasteiger partial charge in [-0.3, -0.25) is 13.9 Å². The molecule has 0 heterocycles. The Balaban J connectivity index is 1.83. The summed E-state index contributed by atoms with van der Waals surface area (Å²) in [6, 6.07) is 31.8. The van der Waals surface area contributed by atoms with Gasteiger partial charge in [-0.15, -0.1) is 0 Å². The molecule has 0 aliphatic rings. The van der Waals surface area contributed by atoms with Crippen LogP contribution in [0, 0.1) is 6.92 Å². The Morgan fingerprint density at radius 2 is 1.36 bits per heavy atom. The van der Waals surface area contributed by atoms with E-state index >= 15 is 0 Å². The summed E-state index contributed by atoms with van der Waals surface area (Å²) in [5.41, 5.74) is 3.47. The fourth-order valence-electron chi connectivity index (χ4n) is 5.18. The molecule has 0 saturated carbocycles. The van der Waals surface area contributed by atoms with E-state index in [2.05, 4.69) is 5.32 Å². The molecule has 0 radical (unpaired) electrons. The van der Waals surface area contributed by atoms with E-state index in [-0.39, 0.29) is 23.8 Å². The lowest BCUT2D eigenvalue weighted by molar-refractivity contribution is -0.140. The van der Waals surface area contributed by atoms with Gasteiger partial charge in [0.05, 0.1) is 10.6 Å². The molecule has 4 aromatic rings. The Morgan fingerprint density at radius 1 is 0.778 bits per heavy atom. The second-order valence-electron chi connectivity index (χ2n) is 12.3. The van der Waals surface area contributed by atoms with Gasteiger partial charge in [-0.05, 0) is 69.0 Å². The average Bonchev–Trinajstić information content (AvgIpc) is 3.02. The van der Waals surface area contributed by atoms with Crippen molar-refractivity contribution in [3.05, 3.63) is 131 Å². The first-order valence-corrected chi connectivity index (χ1v) is 16.7. The van der Waals surface area contributed by atoms with Crippen LogP contribution in [0.5, 0.6) is 0 Å². The third kappa shape index (κ3) is 8.82. The maximum atomic E-state index is 14.6. The van der Waals surface area contributed by atoms with E-state index in [1.165, 1.54) is 21.3 Å². The van der Waals surface area contributed by atoms with Gasteiger partial charge in [0.15, 0.2) is 0 Å². The van der Waals surface area contributed by atoms with Gasteiger partial charge in [0, 0.05) is 18.5 Å². The second kappa shape index (κ2) is 14.6. The normalized spacial score (nSPS) is 12.3. The number of carbonyl (C=O) groups excluding carboxylic acids is 2. The minimum atomic E-state index is -4.14. The minimum Gasteiger partial charge on any atom is -0.350 e. The van der Waals surface area contributed by atoms with Crippen molar-refractivity contribution in [1.82, 2.24) is 10.2 Å². The number of amides is 2. The van der Waals surface area contributed by atoms with E-state index < -0.39 is 34.1 Å². The fraction of sp³-hybridized carbons (Fsp3) is 0.297. The summed E-state index contributed by atoms with van der Waals surface area (Å²) >= 11 is 0. The number of hydrogen-bond acceptors (Lipinski definition) is 4. The molecule has 1 atom stereocenters. The van der Waals surface area contributed by atoms with Crippen LogP contribution in [-0.4, -0.2) is 43.3 Å². The van der Waals surface area contributed by atoms with Crippen LogP contribution in [-0.2, 0) is 39.0 Å². The molecule has 4 rings (SSSR count). The van der Waals surface area contributed by atoms with Crippen molar-refractivity contribution in [2.24, 2.45) is 0 Å². The zero-order valence-corrected chi connectivity index (χ0v) is 27.6. The number of para-hydroxylation sites is 1. The van der Waals surface area contributed by atoms with Crippen molar-refractivity contribution in [3.8, 4) is 0 Å². The summed E-state index contributed by atoms with van der Waals surface area (Å²) in [6.45, 7) is 9.27. The Morgan fingerprint density at radius 3 is 1.96 bits per heavy atom. The first-order valence-electron chi connectivity index (χ1n) is 15.3. The van der Waals surface area contributed by atoms with Gasteiger partial charge in [-0.25, -0.2) is 8.42 Å². The molecule has 0 aromatic heterocycles.